The fourth-order valence-corrected chi connectivity index (χ4v) is 2.15. The number of benzene rings is 1. The van der Waals surface area contributed by atoms with Gasteiger partial charge in [0.1, 0.15) is 0 Å². The Kier molecular flexibility index (Phi) is 4.04. The molecule has 0 amide bonds. The van der Waals surface area contributed by atoms with Crippen molar-refractivity contribution < 1.29 is 14.3 Å². The van der Waals surface area contributed by atoms with Gasteiger partial charge >= 0.3 is 0 Å². The van der Waals surface area contributed by atoms with E-state index in [0.29, 0.717) is 19.8 Å². The van der Waals surface area contributed by atoms with Gasteiger partial charge in [-0.3, -0.25) is 0 Å². The molecule has 88 valence electrons. The second-order valence-corrected chi connectivity index (χ2v) is 4.33. The van der Waals surface area contributed by atoms with Gasteiger partial charge in [-0.1, -0.05) is 0 Å². The summed E-state index contributed by atoms with van der Waals surface area (Å²) >= 11 is 3.49. The van der Waals surface area contributed by atoms with Gasteiger partial charge in [-0.25, -0.2) is 0 Å². The number of hydroxylamine groups is 1. The minimum Gasteiger partial charge on any atom is -0.490 e. The summed E-state index contributed by atoms with van der Waals surface area (Å²) in [7, 11) is 1.60. The van der Waals surface area contributed by atoms with Crippen molar-refractivity contribution in [3.63, 3.8) is 0 Å². The summed E-state index contributed by atoms with van der Waals surface area (Å²) in [5, 5.41) is 0. The van der Waals surface area contributed by atoms with Crippen LogP contribution in [0, 0.1) is 0 Å². The van der Waals surface area contributed by atoms with E-state index >= 15 is 0 Å². The Labute approximate surface area is 103 Å². The maximum Gasteiger partial charge on any atom is 0.175 e. The predicted octanol–water partition coefficient (Wildman–Crippen LogP) is 2.26. The first-order valence-corrected chi connectivity index (χ1v) is 5.94. The van der Waals surface area contributed by atoms with Crippen molar-refractivity contribution in [2.24, 2.45) is 0 Å². The number of fused-ring (bicyclic) bond motifs is 1. The van der Waals surface area contributed by atoms with Crippen LogP contribution in [0.1, 0.15) is 12.0 Å². The Balaban J connectivity index is 2.24. The van der Waals surface area contributed by atoms with E-state index in [2.05, 4.69) is 21.4 Å². The molecular formula is C11H14BrNO3. The summed E-state index contributed by atoms with van der Waals surface area (Å²) in [5.74, 6) is 1.58. The molecule has 1 N–H and O–H groups in total. The van der Waals surface area contributed by atoms with Crippen LogP contribution >= 0.6 is 15.9 Å². The molecule has 0 radical (unpaired) electrons. The van der Waals surface area contributed by atoms with Crippen molar-refractivity contribution in [1.82, 2.24) is 5.48 Å². The zero-order valence-corrected chi connectivity index (χ0v) is 10.7. The standard InChI is InChI=1S/C11H14BrNO3/c1-14-13-7-8-5-9(12)11-10(6-8)15-3-2-4-16-11/h5-6,13H,2-4,7H2,1H3. The van der Waals surface area contributed by atoms with E-state index in [-0.39, 0.29) is 0 Å². The van der Waals surface area contributed by atoms with Gasteiger partial charge in [-0.2, -0.15) is 5.48 Å². The van der Waals surface area contributed by atoms with Crippen LogP contribution in [0.4, 0.5) is 0 Å². The van der Waals surface area contributed by atoms with E-state index in [1.807, 2.05) is 12.1 Å². The summed E-state index contributed by atoms with van der Waals surface area (Å²) in [6.45, 7) is 2.02. The monoisotopic (exact) mass is 287 g/mol. The quantitative estimate of drug-likeness (QED) is 0.866. The van der Waals surface area contributed by atoms with Crippen molar-refractivity contribution in [3.05, 3.63) is 22.2 Å². The molecule has 4 nitrogen and oxygen atoms in total. The zero-order valence-electron chi connectivity index (χ0n) is 9.09. The Morgan fingerprint density at radius 1 is 1.38 bits per heavy atom. The van der Waals surface area contributed by atoms with Gasteiger partial charge in [-0.15, -0.1) is 0 Å². The summed E-state index contributed by atoms with van der Waals surface area (Å²) < 4.78 is 12.2. The number of nitrogens with one attached hydrogen (secondary N) is 1. The molecule has 0 bridgehead atoms. The average molecular weight is 288 g/mol. The fraction of sp³-hybridized carbons (Fsp3) is 0.455. The van der Waals surface area contributed by atoms with Gasteiger partial charge in [-0.05, 0) is 33.6 Å². The Morgan fingerprint density at radius 3 is 3.00 bits per heavy atom. The topological polar surface area (TPSA) is 39.7 Å². The molecule has 2 rings (SSSR count). The van der Waals surface area contributed by atoms with Gasteiger partial charge in [0.15, 0.2) is 11.5 Å². The molecule has 16 heavy (non-hydrogen) atoms. The third-order valence-corrected chi connectivity index (χ3v) is 2.87. The number of hydrogen-bond donors (Lipinski definition) is 1. The van der Waals surface area contributed by atoms with Crippen LogP contribution in [0.2, 0.25) is 0 Å². The molecule has 1 aliphatic rings. The molecule has 1 aromatic carbocycles. The number of halogens is 1. The highest BCUT2D eigenvalue weighted by Gasteiger charge is 2.14. The molecule has 1 aliphatic heterocycles. The third kappa shape index (κ3) is 2.66. The minimum absolute atomic E-state index is 0.631. The smallest absolute Gasteiger partial charge is 0.175 e. The first-order valence-electron chi connectivity index (χ1n) is 5.15. The third-order valence-electron chi connectivity index (χ3n) is 2.28. The predicted molar refractivity (Wildman–Crippen MR) is 63.6 cm³/mol. The number of hydrogen-bond acceptors (Lipinski definition) is 4. The first-order chi connectivity index (χ1) is 7.81. The lowest BCUT2D eigenvalue weighted by Crippen LogP contribution is -2.10. The Hall–Kier alpha value is -0.780. The molecule has 1 aromatic rings. The Bertz CT molecular complexity index is 370. The second kappa shape index (κ2) is 5.52. The molecule has 1 heterocycles. The molecule has 0 atom stereocenters. The summed E-state index contributed by atoms with van der Waals surface area (Å²) in [5.41, 5.74) is 3.88. The molecule has 0 spiro atoms. The zero-order chi connectivity index (χ0) is 11.4. The summed E-state index contributed by atoms with van der Waals surface area (Å²) in [6, 6.07) is 3.97. The minimum atomic E-state index is 0.631. The van der Waals surface area contributed by atoms with Gasteiger partial charge in [0.05, 0.1) is 24.8 Å². The number of rotatable bonds is 3. The van der Waals surface area contributed by atoms with Crippen LogP contribution in [0.25, 0.3) is 0 Å². The van der Waals surface area contributed by atoms with Crippen molar-refractivity contribution in [2.45, 2.75) is 13.0 Å². The van der Waals surface area contributed by atoms with Gasteiger partial charge < -0.3 is 14.3 Å². The van der Waals surface area contributed by atoms with Crippen molar-refractivity contribution in [3.8, 4) is 11.5 Å². The molecule has 0 aliphatic carbocycles. The van der Waals surface area contributed by atoms with Crippen LogP contribution in [0.3, 0.4) is 0 Å². The van der Waals surface area contributed by atoms with E-state index in [9.17, 15) is 0 Å². The van der Waals surface area contributed by atoms with E-state index in [0.717, 1.165) is 28.0 Å². The van der Waals surface area contributed by atoms with Crippen molar-refractivity contribution in [1.29, 1.82) is 0 Å². The largest absolute Gasteiger partial charge is 0.490 e. The molecule has 0 aromatic heterocycles. The lowest BCUT2D eigenvalue weighted by atomic mass is 10.2. The normalized spacial score (nSPS) is 14.6. The summed E-state index contributed by atoms with van der Waals surface area (Å²) in [4.78, 5) is 4.82. The maximum absolute atomic E-state index is 5.63. The van der Waals surface area contributed by atoms with Gasteiger partial charge in [0, 0.05) is 13.0 Å². The first kappa shape index (κ1) is 11.7. The van der Waals surface area contributed by atoms with Crippen LogP contribution in [-0.4, -0.2) is 20.3 Å². The van der Waals surface area contributed by atoms with E-state index in [1.165, 1.54) is 0 Å². The van der Waals surface area contributed by atoms with E-state index < -0.39 is 0 Å². The van der Waals surface area contributed by atoms with Crippen LogP contribution in [-0.2, 0) is 11.4 Å². The van der Waals surface area contributed by atoms with E-state index in [1.54, 1.807) is 7.11 Å². The van der Waals surface area contributed by atoms with Gasteiger partial charge in [0.25, 0.3) is 0 Å². The molecule has 0 unspecified atom stereocenters. The highest BCUT2D eigenvalue weighted by atomic mass is 79.9. The number of ether oxygens (including phenoxy) is 2. The molecule has 0 saturated carbocycles. The highest BCUT2D eigenvalue weighted by Crippen LogP contribution is 2.38. The molecule has 0 saturated heterocycles. The Morgan fingerprint density at radius 2 is 2.19 bits per heavy atom. The maximum atomic E-state index is 5.63. The van der Waals surface area contributed by atoms with Crippen LogP contribution in [0.5, 0.6) is 11.5 Å². The lowest BCUT2D eigenvalue weighted by Gasteiger charge is -2.11. The average Bonchev–Trinajstić information content (AvgIpc) is 2.51. The summed E-state index contributed by atoms with van der Waals surface area (Å²) in [6.07, 6.45) is 0.909. The SMILES string of the molecule is CONCc1cc(Br)c2c(c1)OCCCO2. The molecular weight excluding hydrogens is 274 g/mol. The van der Waals surface area contributed by atoms with Crippen LogP contribution in [0.15, 0.2) is 16.6 Å². The fourth-order valence-electron chi connectivity index (χ4n) is 1.54. The van der Waals surface area contributed by atoms with Crippen molar-refractivity contribution >= 4 is 15.9 Å². The van der Waals surface area contributed by atoms with Crippen LogP contribution < -0.4 is 15.0 Å². The second-order valence-electron chi connectivity index (χ2n) is 3.48. The lowest BCUT2D eigenvalue weighted by molar-refractivity contribution is 0.0866. The van der Waals surface area contributed by atoms with E-state index in [4.69, 9.17) is 14.3 Å². The van der Waals surface area contributed by atoms with Gasteiger partial charge in [0.2, 0.25) is 0 Å². The molecule has 5 heteroatoms. The molecule has 0 fully saturated rings. The van der Waals surface area contributed by atoms with Crippen molar-refractivity contribution in [2.75, 3.05) is 20.3 Å². The highest BCUT2D eigenvalue weighted by molar-refractivity contribution is 9.10.